The van der Waals surface area contributed by atoms with Crippen LogP contribution in [0.1, 0.15) is 32.1 Å². The third-order valence-corrected chi connectivity index (χ3v) is 3.83. The summed E-state index contributed by atoms with van der Waals surface area (Å²) in [5.41, 5.74) is 0. The zero-order chi connectivity index (χ0) is 12.6. The van der Waals surface area contributed by atoms with Crippen molar-refractivity contribution in [2.45, 2.75) is 50.5 Å². The molecule has 6 heteroatoms. The number of halogens is 4. The first-order valence-corrected chi connectivity index (χ1v) is 5.91. The maximum absolute atomic E-state index is 13.0. The van der Waals surface area contributed by atoms with Gasteiger partial charge in [-0.05, 0) is 25.2 Å². The molecule has 0 bridgehead atoms. The van der Waals surface area contributed by atoms with Gasteiger partial charge in [0, 0.05) is 12.6 Å². The highest BCUT2D eigenvalue weighted by molar-refractivity contribution is 5.84. The van der Waals surface area contributed by atoms with E-state index >= 15 is 0 Å². The standard InChI is InChI=1S/C11H15F4NO/c12-9(13)11(14,15)10(17)16-6-5-7-3-1-2-4-8(7)16/h7-9H,1-6H2. The minimum atomic E-state index is -4.54. The van der Waals surface area contributed by atoms with Crippen LogP contribution in [0.3, 0.4) is 0 Å². The maximum Gasteiger partial charge on any atom is 0.383 e. The van der Waals surface area contributed by atoms with Crippen LogP contribution in [0.15, 0.2) is 0 Å². The van der Waals surface area contributed by atoms with Gasteiger partial charge in [-0.2, -0.15) is 8.78 Å². The van der Waals surface area contributed by atoms with E-state index in [1.807, 2.05) is 0 Å². The Kier molecular flexibility index (Phi) is 3.32. The molecule has 2 fully saturated rings. The van der Waals surface area contributed by atoms with E-state index in [0.29, 0.717) is 12.8 Å². The van der Waals surface area contributed by atoms with Crippen molar-refractivity contribution in [3.8, 4) is 0 Å². The Hall–Kier alpha value is -0.810. The van der Waals surface area contributed by atoms with Crippen LogP contribution in [0.25, 0.3) is 0 Å². The number of fused-ring (bicyclic) bond motifs is 1. The Morgan fingerprint density at radius 3 is 2.47 bits per heavy atom. The van der Waals surface area contributed by atoms with E-state index in [-0.39, 0.29) is 18.5 Å². The Morgan fingerprint density at radius 2 is 1.82 bits per heavy atom. The second-order valence-corrected chi connectivity index (χ2v) is 4.82. The first-order chi connectivity index (χ1) is 7.94. The molecule has 0 aromatic carbocycles. The van der Waals surface area contributed by atoms with Gasteiger partial charge >= 0.3 is 12.3 Å². The Labute approximate surface area is 97.0 Å². The molecule has 0 N–H and O–H groups in total. The molecular weight excluding hydrogens is 238 g/mol. The van der Waals surface area contributed by atoms with Crippen LogP contribution in [-0.2, 0) is 4.79 Å². The highest BCUT2D eigenvalue weighted by atomic mass is 19.3. The van der Waals surface area contributed by atoms with E-state index in [9.17, 15) is 22.4 Å². The smallest absolute Gasteiger partial charge is 0.334 e. The van der Waals surface area contributed by atoms with Gasteiger partial charge in [-0.25, -0.2) is 8.78 Å². The highest BCUT2D eigenvalue weighted by Crippen LogP contribution is 2.38. The maximum atomic E-state index is 13.0. The molecule has 0 aromatic rings. The third-order valence-electron chi connectivity index (χ3n) is 3.83. The number of hydrogen-bond donors (Lipinski definition) is 0. The van der Waals surface area contributed by atoms with Crippen molar-refractivity contribution >= 4 is 5.91 Å². The van der Waals surface area contributed by atoms with Gasteiger partial charge in [0.1, 0.15) is 0 Å². The van der Waals surface area contributed by atoms with Crippen LogP contribution in [0, 0.1) is 5.92 Å². The van der Waals surface area contributed by atoms with Crippen LogP contribution in [0.5, 0.6) is 0 Å². The molecule has 2 nitrogen and oxygen atoms in total. The normalized spacial score (nSPS) is 29.6. The Balaban J connectivity index is 2.10. The fraction of sp³-hybridized carbons (Fsp3) is 0.909. The lowest BCUT2D eigenvalue weighted by atomic mass is 9.85. The minimum absolute atomic E-state index is 0.191. The van der Waals surface area contributed by atoms with Gasteiger partial charge in [0.05, 0.1) is 0 Å². The second-order valence-electron chi connectivity index (χ2n) is 4.82. The summed E-state index contributed by atoms with van der Waals surface area (Å²) >= 11 is 0. The van der Waals surface area contributed by atoms with Crippen molar-refractivity contribution in [3.63, 3.8) is 0 Å². The Morgan fingerprint density at radius 1 is 1.18 bits per heavy atom. The number of likely N-dealkylation sites (tertiary alicyclic amines) is 1. The van der Waals surface area contributed by atoms with Crippen molar-refractivity contribution in [2.75, 3.05) is 6.54 Å². The molecule has 0 aromatic heterocycles. The van der Waals surface area contributed by atoms with Crippen molar-refractivity contribution < 1.29 is 22.4 Å². The number of nitrogens with zero attached hydrogens (tertiary/aromatic N) is 1. The number of rotatable bonds is 2. The van der Waals surface area contributed by atoms with E-state index in [0.717, 1.165) is 24.2 Å². The summed E-state index contributed by atoms with van der Waals surface area (Å²) in [5, 5.41) is 0. The minimum Gasteiger partial charge on any atom is -0.334 e. The van der Waals surface area contributed by atoms with Crippen molar-refractivity contribution in [1.29, 1.82) is 0 Å². The predicted molar refractivity (Wildman–Crippen MR) is 53.0 cm³/mol. The average molecular weight is 253 g/mol. The van der Waals surface area contributed by atoms with Crippen LogP contribution in [-0.4, -0.2) is 35.7 Å². The molecule has 1 saturated carbocycles. The van der Waals surface area contributed by atoms with Crippen molar-refractivity contribution in [1.82, 2.24) is 4.90 Å². The average Bonchev–Trinajstić information content (AvgIpc) is 2.71. The molecule has 2 rings (SSSR count). The number of hydrogen-bond acceptors (Lipinski definition) is 1. The highest BCUT2D eigenvalue weighted by Gasteiger charge is 2.54. The molecule has 2 aliphatic rings. The molecule has 1 amide bonds. The van der Waals surface area contributed by atoms with Crippen molar-refractivity contribution in [2.24, 2.45) is 5.92 Å². The predicted octanol–water partition coefficient (Wildman–Crippen LogP) is 2.68. The lowest BCUT2D eigenvalue weighted by Gasteiger charge is -2.33. The fourth-order valence-corrected chi connectivity index (χ4v) is 2.94. The summed E-state index contributed by atoms with van der Waals surface area (Å²) in [6, 6.07) is -0.249. The fourth-order valence-electron chi connectivity index (χ4n) is 2.94. The van der Waals surface area contributed by atoms with Crippen LogP contribution < -0.4 is 0 Å². The van der Waals surface area contributed by atoms with E-state index in [2.05, 4.69) is 0 Å². The molecule has 0 spiro atoms. The van der Waals surface area contributed by atoms with Gasteiger partial charge in [-0.3, -0.25) is 4.79 Å². The molecule has 0 radical (unpaired) electrons. The molecule has 98 valence electrons. The number of alkyl halides is 4. The Bertz CT molecular complexity index is 308. The second kappa shape index (κ2) is 4.46. The van der Waals surface area contributed by atoms with E-state index < -0.39 is 18.3 Å². The van der Waals surface area contributed by atoms with Gasteiger partial charge in [0.2, 0.25) is 0 Å². The summed E-state index contributed by atoms with van der Waals surface area (Å²) in [5.74, 6) is -6.00. The number of amides is 1. The van der Waals surface area contributed by atoms with Crippen LogP contribution in [0.4, 0.5) is 17.6 Å². The number of carbonyl (C=O) groups excluding carboxylic acids is 1. The zero-order valence-corrected chi connectivity index (χ0v) is 9.34. The molecule has 2 atom stereocenters. The zero-order valence-electron chi connectivity index (χ0n) is 9.34. The lowest BCUT2D eigenvalue weighted by Crippen LogP contribution is -2.50. The lowest BCUT2D eigenvalue weighted by molar-refractivity contribution is -0.182. The molecule has 1 aliphatic heterocycles. The summed E-state index contributed by atoms with van der Waals surface area (Å²) < 4.78 is 50.3. The summed E-state index contributed by atoms with van der Waals surface area (Å²) in [7, 11) is 0. The van der Waals surface area contributed by atoms with E-state index in [4.69, 9.17) is 0 Å². The van der Waals surface area contributed by atoms with Gasteiger partial charge < -0.3 is 4.90 Å². The summed E-state index contributed by atoms with van der Waals surface area (Å²) in [6.07, 6.45) is 0.234. The van der Waals surface area contributed by atoms with E-state index in [1.54, 1.807) is 0 Å². The largest absolute Gasteiger partial charge is 0.383 e. The van der Waals surface area contributed by atoms with Gasteiger partial charge in [0.25, 0.3) is 5.91 Å². The van der Waals surface area contributed by atoms with Crippen LogP contribution in [0.2, 0.25) is 0 Å². The first kappa shape index (κ1) is 12.6. The van der Waals surface area contributed by atoms with Crippen molar-refractivity contribution in [3.05, 3.63) is 0 Å². The first-order valence-electron chi connectivity index (χ1n) is 5.91. The summed E-state index contributed by atoms with van der Waals surface area (Å²) in [6.45, 7) is 0.191. The molecular formula is C11H15F4NO. The quantitative estimate of drug-likeness (QED) is 0.693. The molecule has 1 saturated heterocycles. The monoisotopic (exact) mass is 253 g/mol. The third kappa shape index (κ3) is 2.13. The van der Waals surface area contributed by atoms with E-state index in [1.165, 1.54) is 0 Å². The van der Waals surface area contributed by atoms with Gasteiger partial charge in [-0.1, -0.05) is 12.8 Å². The molecule has 1 heterocycles. The summed E-state index contributed by atoms with van der Waals surface area (Å²) in [4.78, 5) is 12.4. The molecule has 2 unspecified atom stereocenters. The number of carbonyl (C=O) groups is 1. The van der Waals surface area contributed by atoms with Gasteiger partial charge in [-0.15, -0.1) is 0 Å². The van der Waals surface area contributed by atoms with Gasteiger partial charge in [0.15, 0.2) is 0 Å². The van der Waals surface area contributed by atoms with Crippen LogP contribution >= 0.6 is 0 Å². The molecule has 17 heavy (non-hydrogen) atoms. The topological polar surface area (TPSA) is 20.3 Å². The SMILES string of the molecule is O=C(N1CCC2CCCCC21)C(F)(F)C(F)F. The molecule has 1 aliphatic carbocycles.